The molecule has 7 nitrogen and oxygen atoms in total. The molecule has 0 aliphatic rings. The Morgan fingerprint density at radius 2 is 2.13 bits per heavy atom. The molecular formula is C21H24N4O3S3. The number of anilines is 1. The lowest BCUT2D eigenvalue weighted by atomic mass is 10.2. The third-order valence-corrected chi connectivity index (χ3v) is 7.24. The lowest BCUT2D eigenvalue weighted by Gasteiger charge is -2.08. The number of nitrogens with zero attached hydrogens (tertiary/aromatic N) is 3. The molecule has 3 aromatic rings. The van der Waals surface area contributed by atoms with Gasteiger partial charge in [0, 0.05) is 27.2 Å². The summed E-state index contributed by atoms with van der Waals surface area (Å²) < 4.78 is 7.02. The van der Waals surface area contributed by atoms with Crippen molar-refractivity contribution in [1.29, 1.82) is 0 Å². The van der Waals surface area contributed by atoms with Gasteiger partial charge in [-0.15, -0.1) is 39.4 Å². The SMILES string of the molecule is C=CCn1c(SCC(=O)Nc2sc(C)cc2C(=O)OCC)nnc1-c1csc(CC)c1. The summed E-state index contributed by atoms with van der Waals surface area (Å²) in [6.45, 7) is 10.4. The molecule has 1 amide bonds. The minimum atomic E-state index is -0.438. The van der Waals surface area contributed by atoms with Gasteiger partial charge in [-0.25, -0.2) is 4.79 Å². The number of allylic oxidation sites excluding steroid dienone is 1. The molecule has 31 heavy (non-hydrogen) atoms. The predicted octanol–water partition coefficient (Wildman–Crippen LogP) is 5.03. The van der Waals surface area contributed by atoms with E-state index >= 15 is 0 Å². The number of rotatable bonds is 10. The van der Waals surface area contributed by atoms with Crippen molar-refractivity contribution in [3.8, 4) is 11.4 Å². The van der Waals surface area contributed by atoms with E-state index in [-0.39, 0.29) is 18.3 Å². The van der Waals surface area contributed by atoms with Gasteiger partial charge in [0.15, 0.2) is 11.0 Å². The lowest BCUT2D eigenvalue weighted by Crippen LogP contribution is -2.16. The Bertz CT molecular complexity index is 1080. The van der Waals surface area contributed by atoms with Gasteiger partial charge in [-0.1, -0.05) is 24.8 Å². The number of nitrogens with one attached hydrogen (secondary N) is 1. The van der Waals surface area contributed by atoms with E-state index in [1.807, 2.05) is 11.5 Å². The average Bonchev–Trinajstić information content (AvgIpc) is 3.45. The lowest BCUT2D eigenvalue weighted by molar-refractivity contribution is -0.113. The van der Waals surface area contributed by atoms with Gasteiger partial charge in [0.1, 0.15) is 5.00 Å². The molecule has 164 valence electrons. The summed E-state index contributed by atoms with van der Waals surface area (Å²) in [7, 11) is 0. The molecule has 0 aliphatic heterocycles. The first-order valence-electron chi connectivity index (χ1n) is 9.78. The van der Waals surface area contributed by atoms with Crippen LogP contribution in [0.15, 0.2) is 35.3 Å². The van der Waals surface area contributed by atoms with E-state index < -0.39 is 5.97 Å². The molecule has 0 atom stereocenters. The molecule has 3 heterocycles. The number of esters is 1. The van der Waals surface area contributed by atoms with Gasteiger partial charge >= 0.3 is 5.97 Å². The highest BCUT2D eigenvalue weighted by Gasteiger charge is 2.19. The first-order valence-corrected chi connectivity index (χ1v) is 12.5. The van der Waals surface area contributed by atoms with E-state index in [0.717, 1.165) is 22.7 Å². The Morgan fingerprint density at radius 3 is 2.81 bits per heavy atom. The molecule has 3 aromatic heterocycles. The summed E-state index contributed by atoms with van der Waals surface area (Å²) >= 11 is 4.34. The van der Waals surface area contributed by atoms with Crippen LogP contribution in [0.3, 0.4) is 0 Å². The minimum Gasteiger partial charge on any atom is -0.462 e. The smallest absolute Gasteiger partial charge is 0.341 e. The topological polar surface area (TPSA) is 86.1 Å². The number of hydrogen-bond acceptors (Lipinski definition) is 8. The molecule has 10 heteroatoms. The van der Waals surface area contributed by atoms with Crippen LogP contribution in [0.5, 0.6) is 0 Å². The normalized spacial score (nSPS) is 10.8. The number of carbonyl (C=O) groups excluding carboxylic acids is 2. The summed E-state index contributed by atoms with van der Waals surface area (Å²) in [4.78, 5) is 26.9. The molecule has 3 rings (SSSR count). The fraction of sp³-hybridized carbons (Fsp3) is 0.333. The van der Waals surface area contributed by atoms with Crippen LogP contribution in [-0.2, 0) is 22.5 Å². The molecule has 0 saturated heterocycles. The summed E-state index contributed by atoms with van der Waals surface area (Å²) in [5.41, 5.74) is 1.39. The van der Waals surface area contributed by atoms with Crippen molar-refractivity contribution >= 4 is 51.3 Å². The molecule has 0 bridgehead atoms. The number of hydrogen-bond donors (Lipinski definition) is 1. The first kappa shape index (κ1) is 23.2. The molecule has 0 radical (unpaired) electrons. The van der Waals surface area contributed by atoms with Gasteiger partial charge in [-0.2, -0.15) is 0 Å². The van der Waals surface area contributed by atoms with Crippen LogP contribution in [0, 0.1) is 6.92 Å². The second kappa shape index (κ2) is 10.7. The monoisotopic (exact) mass is 476 g/mol. The van der Waals surface area contributed by atoms with Crippen LogP contribution in [0.2, 0.25) is 0 Å². The van der Waals surface area contributed by atoms with Crippen molar-refractivity contribution in [2.24, 2.45) is 0 Å². The fourth-order valence-corrected chi connectivity index (χ4v) is 5.32. The number of aromatic nitrogens is 3. The Kier molecular flexibility index (Phi) is 8.05. The van der Waals surface area contributed by atoms with E-state index in [1.54, 1.807) is 30.4 Å². The van der Waals surface area contributed by atoms with Crippen molar-refractivity contribution in [2.75, 3.05) is 17.7 Å². The molecule has 0 aliphatic carbocycles. The Morgan fingerprint density at radius 1 is 1.32 bits per heavy atom. The summed E-state index contributed by atoms with van der Waals surface area (Å²) in [6.07, 6.45) is 2.75. The number of thiophene rings is 2. The third kappa shape index (κ3) is 5.63. The van der Waals surface area contributed by atoms with Gasteiger partial charge in [-0.3, -0.25) is 9.36 Å². The molecule has 0 fully saturated rings. The van der Waals surface area contributed by atoms with Gasteiger partial charge < -0.3 is 10.1 Å². The average molecular weight is 477 g/mol. The maximum absolute atomic E-state index is 12.6. The number of ether oxygens (including phenoxy) is 1. The molecule has 0 unspecified atom stereocenters. The van der Waals surface area contributed by atoms with Crippen LogP contribution in [0.25, 0.3) is 11.4 Å². The molecule has 0 spiro atoms. The van der Waals surface area contributed by atoms with Crippen molar-refractivity contribution in [1.82, 2.24) is 14.8 Å². The minimum absolute atomic E-state index is 0.137. The molecule has 0 aromatic carbocycles. The number of amides is 1. The largest absolute Gasteiger partial charge is 0.462 e. The highest BCUT2D eigenvalue weighted by Crippen LogP contribution is 2.30. The maximum atomic E-state index is 12.6. The standard InChI is InChI=1S/C21H24N4O3S3/c1-5-8-25-18(14-10-15(6-2)29-11-14)23-24-21(25)30-12-17(26)22-19-16(9-13(4)31-19)20(27)28-7-3/h5,9-11H,1,6-8,12H2,2-4H3,(H,22,26). The number of carbonyl (C=O) groups is 2. The predicted molar refractivity (Wildman–Crippen MR) is 127 cm³/mol. The van der Waals surface area contributed by atoms with Crippen LogP contribution >= 0.6 is 34.4 Å². The van der Waals surface area contributed by atoms with E-state index in [9.17, 15) is 9.59 Å². The first-order chi connectivity index (χ1) is 15.0. The maximum Gasteiger partial charge on any atom is 0.341 e. The third-order valence-electron chi connectivity index (χ3n) is 4.22. The molecule has 1 N–H and O–H groups in total. The Balaban J connectivity index is 1.71. The van der Waals surface area contributed by atoms with E-state index in [1.165, 1.54) is 28.0 Å². The van der Waals surface area contributed by atoms with Gasteiger partial charge in [0.2, 0.25) is 5.91 Å². The van der Waals surface area contributed by atoms with E-state index in [0.29, 0.717) is 22.3 Å². The Hall–Kier alpha value is -2.43. The van der Waals surface area contributed by atoms with Crippen molar-refractivity contribution < 1.29 is 14.3 Å². The number of thioether (sulfide) groups is 1. The van der Waals surface area contributed by atoms with Gasteiger partial charge in [0.25, 0.3) is 0 Å². The van der Waals surface area contributed by atoms with Crippen LogP contribution in [0.1, 0.15) is 34.0 Å². The zero-order valence-corrected chi connectivity index (χ0v) is 20.1. The highest BCUT2D eigenvalue weighted by atomic mass is 32.2. The number of aryl methyl sites for hydroxylation is 2. The highest BCUT2D eigenvalue weighted by molar-refractivity contribution is 7.99. The quantitative estimate of drug-likeness (QED) is 0.251. The van der Waals surface area contributed by atoms with Crippen LogP contribution in [-0.4, -0.2) is 39.0 Å². The van der Waals surface area contributed by atoms with Gasteiger partial charge in [0.05, 0.1) is 17.9 Å². The zero-order chi connectivity index (χ0) is 22.4. The van der Waals surface area contributed by atoms with Crippen molar-refractivity contribution in [3.63, 3.8) is 0 Å². The van der Waals surface area contributed by atoms with Crippen LogP contribution in [0.4, 0.5) is 5.00 Å². The summed E-state index contributed by atoms with van der Waals surface area (Å²) in [6, 6.07) is 3.84. The Labute approximate surface area is 193 Å². The summed E-state index contributed by atoms with van der Waals surface area (Å²) in [5.74, 6) is 0.235. The second-order valence-electron chi connectivity index (χ2n) is 6.52. The van der Waals surface area contributed by atoms with Crippen LogP contribution < -0.4 is 5.32 Å². The second-order valence-corrected chi connectivity index (χ2v) is 9.71. The summed E-state index contributed by atoms with van der Waals surface area (Å²) in [5, 5.41) is 14.7. The van der Waals surface area contributed by atoms with E-state index in [2.05, 4.69) is 40.5 Å². The van der Waals surface area contributed by atoms with Crippen molar-refractivity contribution in [3.05, 3.63) is 45.5 Å². The van der Waals surface area contributed by atoms with Crippen molar-refractivity contribution in [2.45, 2.75) is 38.9 Å². The fourth-order valence-electron chi connectivity index (χ4n) is 2.85. The van der Waals surface area contributed by atoms with E-state index in [4.69, 9.17) is 4.74 Å². The zero-order valence-electron chi connectivity index (χ0n) is 17.6. The van der Waals surface area contributed by atoms with Gasteiger partial charge in [-0.05, 0) is 32.4 Å². The molecule has 0 saturated carbocycles. The molecular weight excluding hydrogens is 452 g/mol.